The van der Waals surface area contributed by atoms with Crippen molar-refractivity contribution >= 4 is 39.8 Å². The SMILES string of the molecule is COc1ccc(C=CC(=O)Nc2nc(C)c(-c3nc(-c4cccs4)no3)s2)cc1. The van der Waals surface area contributed by atoms with Crippen molar-refractivity contribution < 1.29 is 14.1 Å². The highest BCUT2D eigenvalue weighted by molar-refractivity contribution is 7.19. The number of nitrogens with zero attached hydrogens (tertiary/aromatic N) is 3. The van der Waals surface area contributed by atoms with Crippen LogP contribution >= 0.6 is 22.7 Å². The second-order valence-electron chi connectivity index (χ2n) is 5.93. The zero-order chi connectivity index (χ0) is 20.2. The lowest BCUT2D eigenvalue weighted by atomic mass is 10.2. The summed E-state index contributed by atoms with van der Waals surface area (Å²) in [7, 11) is 1.61. The largest absolute Gasteiger partial charge is 0.497 e. The highest BCUT2D eigenvalue weighted by Gasteiger charge is 2.18. The number of anilines is 1. The second kappa shape index (κ2) is 8.38. The number of nitrogens with one attached hydrogen (secondary N) is 1. The third kappa shape index (κ3) is 4.41. The lowest BCUT2D eigenvalue weighted by Crippen LogP contribution is -2.07. The quantitative estimate of drug-likeness (QED) is 0.443. The Labute approximate surface area is 174 Å². The van der Waals surface area contributed by atoms with E-state index in [4.69, 9.17) is 9.26 Å². The molecule has 4 aromatic rings. The van der Waals surface area contributed by atoms with E-state index in [-0.39, 0.29) is 5.91 Å². The average Bonchev–Trinajstić information content (AvgIpc) is 3.47. The van der Waals surface area contributed by atoms with Gasteiger partial charge in [-0.3, -0.25) is 10.1 Å². The summed E-state index contributed by atoms with van der Waals surface area (Å²) in [6, 6.07) is 11.3. The summed E-state index contributed by atoms with van der Waals surface area (Å²) in [6.45, 7) is 1.84. The standard InChI is InChI=1S/C20H16N4O3S2/c1-12-17(19-23-18(24-27-19)15-4-3-11-28-15)29-20(21-12)22-16(25)10-7-13-5-8-14(26-2)9-6-13/h3-11H,1-2H3,(H,21,22,25). The lowest BCUT2D eigenvalue weighted by molar-refractivity contribution is -0.111. The van der Waals surface area contributed by atoms with Gasteiger partial charge in [0.25, 0.3) is 5.89 Å². The molecule has 9 heteroatoms. The summed E-state index contributed by atoms with van der Waals surface area (Å²) in [4.78, 5) is 22.7. The van der Waals surface area contributed by atoms with Crippen LogP contribution in [0.4, 0.5) is 5.13 Å². The van der Waals surface area contributed by atoms with E-state index < -0.39 is 0 Å². The van der Waals surface area contributed by atoms with Gasteiger partial charge in [-0.1, -0.05) is 34.7 Å². The van der Waals surface area contributed by atoms with Gasteiger partial charge in [0, 0.05) is 6.08 Å². The first-order chi connectivity index (χ1) is 14.1. The molecular weight excluding hydrogens is 408 g/mol. The van der Waals surface area contributed by atoms with E-state index in [9.17, 15) is 4.79 Å². The minimum absolute atomic E-state index is 0.272. The number of hydrogen-bond donors (Lipinski definition) is 1. The Bertz CT molecular complexity index is 1150. The fraction of sp³-hybridized carbons (Fsp3) is 0.100. The Hall–Kier alpha value is -3.30. The van der Waals surface area contributed by atoms with Crippen molar-refractivity contribution in [2.45, 2.75) is 6.92 Å². The number of aryl methyl sites for hydroxylation is 1. The van der Waals surface area contributed by atoms with Gasteiger partial charge < -0.3 is 9.26 Å². The van der Waals surface area contributed by atoms with Crippen LogP contribution < -0.4 is 10.1 Å². The molecule has 29 heavy (non-hydrogen) atoms. The molecule has 0 aliphatic rings. The molecule has 4 rings (SSSR count). The number of hydrogen-bond acceptors (Lipinski definition) is 8. The van der Waals surface area contributed by atoms with Gasteiger partial charge in [0.15, 0.2) is 5.13 Å². The van der Waals surface area contributed by atoms with Crippen LogP contribution in [-0.4, -0.2) is 28.1 Å². The van der Waals surface area contributed by atoms with Crippen LogP contribution in [0.1, 0.15) is 11.3 Å². The molecule has 3 heterocycles. The molecule has 0 unspecified atom stereocenters. The van der Waals surface area contributed by atoms with Crippen LogP contribution in [0.3, 0.4) is 0 Å². The molecule has 1 N–H and O–H groups in total. The van der Waals surface area contributed by atoms with E-state index in [1.807, 2.05) is 48.7 Å². The van der Waals surface area contributed by atoms with Gasteiger partial charge in [-0.05, 0) is 42.1 Å². The molecule has 1 aromatic carbocycles. The number of thiazole rings is 1. The zero-order valence-electron chi connectivity index (χ0n) is 15.6. The summed E-state index contributed by atoms with van der Waals surface area (Å²) >= 11 is 2.83. The Morgan fingerprint density at radius 3 is 2.76 bits per heavy atom. The van der Waals surface area contributed by atoms with Gasteiger partial charge in [0.2, 0.25) is 11.7 Å². The third-order valence-electron chi connectivity index (χ3n) is 3.93. The van der Waals surface area contributed by atoms with Gasteiger partial charge in [-0.15, -0.1) is 11.3 Å². The summed E-state index contributed by atoms with van der Waals surface area (Å²) in [6.07, 6.45) is 3.18. The molecule has 0 radical (unpaired) electrons. The van der Waals surface area contributed by atoms with Crippen LogP contribution in [0.25, 0.3) is 27.5 Å². The number of thiophene rings is 1. The van der Waals surface area contributed by atoms with E-state index in [0.29, 0.717) is 22.5 Å². The maximum absolute atomic E-state index is 12.2. The second-order valence-corrected chi connectivity index (χ2v) is 7.88. The highest BCUT2D eigenvalue weighted by Crippen LogP contribution is 2.33. The van der Waals surface area contributed by atoms with Crippen molar-refractivity contribution in [1.29, 1.82) is 0 Å². The molecule has 0 bridgehead atoms. The van der Waals surface area contributed by atoms with Crippen molar-refractivity contribution in [3.05, 3.63) is 59.1 Å². The predicted molar refractivity (Wildman–Crippen MR) is 114 cm³/mol. The molecule has 7 nitrogen and oxygen atoms in total. The van der Waals surface area contributed by atoms with E-state index in [1.165, 1.54) is 28.7 Å². The summed E-state index contributed by atoms with van der Waals surface area (Å²) in [5.41, 5.74) is 1.61. The molecule has 3 aromatic heterocycles. The smallest absolute Gasteiger partial charge is 0.270 e. The molecule has 0 atom stereocenters. The number of methoxy groups -OCH3 is 1. The van der Waals surface area contributed by atoms with E-state index in [0.717, 1.165) is 21.1 Å². The van der Waals surface area contributed by atoms with Crippen molar-refractivity contribution in [3.8, 4) is 27.2 Å². The van der Waals surface area contributed by atoms with Crippen LogP contribution in [-0.2, 0) is 4.79 Å². The molecule has 0 aliphatic carbocycles. The minimum atomic E-state index is -0.272. The first-order valence-electron chi connectivity index (χ1n) is 8.61. The maximum atomic E-state index is 12.2. The summed E-state index contributed by atoms with van der Waals surface area (Å²) in [5, 5.41) is 9.21. The molecular formula is C20H16N4O3S2. The number of amides is 1. The first kappa shape index (κ1) is 19.0. The van der Waals surface area contributed by atoms with Gasteiger partial charge in [0.05, 0.1) is 17.7 Å². The normalized spacial score (nSPS) is 11.1. The van der Waals surface area contributed by atoms with Crippen LogP contribution in [0, 0.1) is 6.92 Å². The maximum Gasteiger partial charge on any atom is 0.270 e. The molecule has 0 fully saturated rings. The van der Waals surface area contributed by atoms with Crippen LogP contribution in [0.2, 0.25) is 0 Å². The van der Waals surface area contributed by atoms with Crippen molar-refractivity contribution in [1.82, 2.24) is 15.1 Å². The Kier molecular flexibility index (Phi) is 5.50. The number of carbonyl (C=O) groups excluding carboxylic acids is 1. The fourth-order valence-electron chi connectivity index (χ4n) is 2.50. The predicted octanol–water partition coefficient (Wildman–Crippen LogP) is 4.89. The topological polar surface area (TPSA) is 90.1 Å². The molecule has 0 spiro atoms. The lowest BCUT2D eigenvalue weighted by Gasteiger charge is -1.99. The molecule has 146 valence electrons. The summed E-state index contributed by atoms with van der Waals surface area (Å²) < 4.78 is 10.5. The number of aromatic nitrogens is 3. The highest BCUT2D eigenvalue weighted by atomic mass is 32.1. The number of ether oxygens (including phenoxy) is 1. The monoisotopic (exact) mass is 424 g/mol. The van der Waals surface area contributed by atoms with Crippen molar-refractivity contribution in [3.63, 3.8) is 0 Å². The van der Waals surface area contributed by atoms with Gasteiger partial charge in [-0.25, -0.2) is 4.98 Å². The molecule has 1 amide bonds. The molecule has 0 aliphatic heterocycles. The van der Waals surface area contributed by atoms with E-state index >= 15 is 0 Å². The first-order valence-corrected chi connectivity index (χ1v) is 10.3. The van der Waals surface area contributed by atoms with Crippen molar-refractivity contribution in [2.24, 2.45) is 0 Å². The van der Waals surface area contributed by atoms with Gasteiger partial charge in [-0.2, -0.15) is 4.98 Å². The fourth-order valence-corrected chi connectivity index (χ4v) is 4.04. The van der Waals surface area contributed by atoms with E-state index in [2.05, 4.69) is 20.4 Å². The minimum Gasteiger partial charge on any atom is -0.497 e. The Morgan fingerprint density at radius 2 is 2.03 bits per heavy atom. The number of rotatable bonds is 6. The van der Waals surface area contributed by atoms with Crippen molar-refractivity contribution in [2.75, 3.05) is 12.4 Å². The van der Waals surface area contributed by atoms with Crippen LogP contribution in [0.15, 0.2) is 52.4 Å². The number of benzene rings is 1. The Morgan fingerprint density at radius 1 is 1.21 bits per heavy atom. The summed E-state index contributed by atoms with van der Waals surface area (Å²) in [5.74, 6) is 1.42. The number of carbonyl (C=O) groups is 1. The third-order valence-corrected chi connectivity index (χ3v) is 5.86. The zero-order valence-corrected chi connectivity index (χ0v) is 17.2. The van der Waals surface area contributed by atoms with Gasteiger partial charge in [0.1, 0.15) is 10.6 Å². The Balaban J connectivity index is 1.45. The van der Waals surface area contributed by atoms with E-state index in [1.54, 1.807) is 13.2 Å². The average molecular weight is 425 g/mol. The molecule has 0 saturated carbocycles. The van der Waals surface area contributed by atoms with Gasteiger partial charge >= 0.3 is 0 Å². The van der Waals surface area contributed by atoms with Crippen LogP contribution in [0.5, 0.6) is 5.75 Å². The molecule has 0 saturated heterocycles.